The first kappa shape index (κ1) is 30.0. The smallest absolute Gasteiger partial charge is 0.303 e. The highest BCUT2D eigenvalue weighted by atomic mass is 16.5. The van der Waals surface area contributed by atoms with Crippen molar-refractivity contribution in [2.45, 2.75) is 103 Å². The minimum absolute atomic E-state index is 0.143. The normalized spacial score (nSPS) is 16.5. The van der Waals surface area contributed by atoms with Crippen LogP contribution in [0.15, 0.2) is 36.4 Å². The minimum atomic E-state index is -0.778. The molecule has 4 rings (SSSR count). The van der Waals surface area contributed by atoms with Crippen molar-refractivity contribution in [3.8, 4) is 22.6 Å². The van der Waals surface area contributed by atoms with E-state index in [1.807, 2.05) is 12.1 Å². The average molecular weight is 551 g/mol. The zero-order valence-electron chi connectivity index (χ0n) is 23.9. The number of benzene rings is 2. The van der Waals surface area contributed by atoms with Crippen LogP contribution in [0.1, 0.15) is 101 Å². The molecule has 0 amide bonds. The number of aryl methyl sites for hydroxylation is 2. The molecule has 0 spiro atoms. The van der Waals surface area contributed by atoms with Gasteiger partial charge in [-0.05, 0) is 98.6 Å². The summed E-state index contributed by atoms with van der Waals surface area (Å²) in [6.07, 6.45) is 15.3. The number of aliphatic carboxylic acids is 2. The molecule has 0 saturated heterocycles. The van der Waals surface area contributed by atoms with Crippen molar-refractivity contribution in [2.24, 2.45) is 11.8 Å². The second kappa shape index (κ2) is 15.7. The average Bonchev–Trinajstić information content (AvgIpc) is 2.96. The van der Waals surface area contributed by atoms with Crippen molar-refractivity contribution in [2.75, 3.05) is 13.2 Å². The summed E-state index contributed by atoms with van der Waals surface area (Å²) in [6.45, 7) is 1.39. The zero-order valence-corrected chi connectivity index (χ0v) is 23.9. The fourth-order valence-electron chi connectivity index (χ4n) is 6.15. The molecular formula is C34H46O6. The van der Waals surface area contributed by atoms with Gasteiger partial charge in [-0.15, -0.1) is 0 Å². The molecular weight excluding hydrogens is 504 g/mol. The molecule has 218 valence electrons. The van der Waals surface area contributed by atoms with Crippen molar-refractivity contribution < 1.29 is 29.3 Å². The van der Waals surface area contributed by atoms with E-state index in [-0.39, 0.29) is 12.8 Å². The summed E-state index contributed by atoms with van der Waals surface area (Å²) in [4.78, 5) is 22.2. The number of ether oxygens (including phenoxy) is 2. The molecule has 2 aliphatic rings. The molecule has 0 aromatic heterocycles. The molecule has 6 heteroatoms. The number of rotatable bonds is 15. The third kappa shape index (κ3) is 9.57. The Morgan fingerprint density at radius 1 is 0.625 bits per heavy atom. The molecule has 0 bridgehead atoms. The highest BCUT2D eigenvalue weighted by molar-refractivity contribution is 5.77. The second-order valence-electron chi connectivity index (χ2n) is 11.8. The van der Waals surface area contributed by atoms with E-state index in [1.54, 1.807) is 0 Å². The Kier molecular flexibility index (Phi) is 11.7. The molecule has 2 N–H and O–H groups in total. The van der Waals surface area contributed by atoms with Gasteiger partial charge in [0.2, 0.25) is 0 Å². The summed E-state index contributed by atoms with van der Waals surface area (Å²) in [7, 11) is 0. The molecule has 0 aliphatic heterocycles. The predicted octanol–water partition coefficient (Wildman–Crippen LogP) is 8.09. The maximum Gasteiger partial charge on any atom is 0.303 e. The van der Waals surface area contributed by atoms with Crippen molar-refractivity contribution in [1.29, 1.82) is 0 Å². The highest BCUT2D eigenvalue weighted by Gasteiger charge is 2.20. The summed E-state index contributed by atoms with van der Waals surface area (Å²) in [5.41, 5.74) is 4.11. The first-order valence-electron chi connectivity index (χ1n) is 15.4. The Labute approximate surface area is 239 Å². The molecule has 0 radical (unpaired) electrons. The predicted molar refractivity (Wildman–Crippen MR) is 157 cm³/mol. The number of carboxylic acids is 2. The van der Waals surface area contributed by atoms with E-state index in [0.717, 1.165) is 33.8 Å². The van der Waals surface area contributed by atoms with E-state index >= 15 is 0 Å². The van der Waals surface area contributed by atoms with E-state index < -0.39 is 11.9 Å². The Morgan fingerprint density at radius 2 is 1.02 bits per heavy atom. The van der Waals surface area contributed by atoms with Crippen molar-refractivity contribution in [3.63, 3.8) is 0 Å². The third-order valence-electron chi connectivity index (χ3n) is 8.49. The first-order chi connectivity index (χ1) is 19.5. The van der Waals surface area contributed by atoms with E-state index in [4.69, 9.17) is 19.7 Å². The van der Waals surface area contributed by atoms with Gasteiger partial charge in [0.1, 0.15) is 11.5 Å². The summed E-state index contributed by atoms with van der Waals surface area (Å²) in [5.74, 6) is 1.25. The van der Waals surface area contributed by atoms with Gasteiger partial charge in [-0.25, -0.2) is 0 Å². The number of hydrogen-bond donors (Lipinski definition) is 2. The van der Waals surface area contributed by atoms with Gasteiger partial charge in [0.25, 0.3) is 0 Å². The van der Waals surface area contributed by atoms with Gasteiger partial charge in [0, 0.05) is 24.0 Å². The number of carbonyl (C=O) groups is 2. The molecule has 0 unspecified atom stereocenters. The monoisotopic (exact) mass is 550 g/mol. The summed E-state index contributed by atoms with van der Waals surface area (Å²) < 4.78 is 13.0. The molecule has 2 saturated carbocycles. The van der Waals surface area contributed by atoms with Crippen LogP contribution in [0.25, 0.3) is 11.1 Å². The highest BCUT2D eigenvalue weighted by Crippen LogP contribution is 2.40. The molecule has 2 aliphatic carbocycles. The van der Waals surface area contributed by atoms with E-state index in [0.29, 0.717) is 50.7 Å². The quantitative estimate of drug-likeness (QED) is 0.233. The van der Waals surface area contributed by atoms with E-state index in [1.165, 1.54) is 64.2 Å². The van der Waals surface area contributed by atoms with Crippen LogP contribution in [-0.2, 0) is 22.4 Å². The van der Waals surface area contributed by atoms with Crippen LogP contribution in [0.4, 0.5) is 0 Å². The topological polar surface area (TPSA) is 93.1 Å². The van der Waals surface area contributed by atoms with Crippen LogP contribution in [-0.4, -0.2) is 35.4 Å². The molecule has 40 heavy (non-hydrogen) atoms. The molecule has 2 aromatic rings. The maximum atomic E-state index is 11.1. The fraction of sp³-hybridized carbons (Fsp3) is 0.588. The zero-order chi connectivity index (χ0) is 28.2. The largest absolute Gasteiger partial charge is 0.493 e. The Bertz CT molecular complexity index is 1010. The first-order valence-corrected chi connectivity index (χ1v) is 15.4. The number of hydrogen-bond acceptors (Lipinski definition) is 4. The molecule has 0 heterocycles. The lowest BCUT2D eigenvalue weighted by atomic mass is 9.90. The van der Waals surface area contributed by atoms with E-state index in [2.05, 4.69) is 24.3 Å². The minimum Gasteiger partial charge on any atom is -0.493 e. The Balaban J connectivity index is 1.63. The van der Waals surface area contributed by atoms with Gasteiger partial charge >= 0.3 is 11.9 Å². The lowest BCUT2D eigenvalue weighted by molar-refractivity contribution is -0.138. The molecule has 6 nitrogen and oxygen atoms in total. The maximum absolute atomic E-state index is 11.1. The van der Waals surface area contributed by atoms with Gasteiger partial charge < -0.3 is 19.7 Å². The van der Waals surface area contributed by atoms with E-state index in [9.17, 15) is 9.59 Å². The second-order valence-corrected chi connectivity index (χ2v) is 11.8. The van der Waals surface area contributed by atoms with Crippen LogP contribution in [0.5, 0.6) is 11.5 Å². The Hall–Kier alpha value is -3.02. The van der Waals surface area contributed by atoms with Crippen LogP contribution in [0.3, 0.4) is 0 Å². The van der Waals surface area contributed by atoms with Gasteiger partial charge in [-0.2, -0.15) is 0 Å². The summed E-state index contributed by atoms with van der Waals surface area (Å²) in [6, 6.07) is 12.5. The van der Waals surface area contributed by atoms with Crippen molar-refractivity contribution in [3.05, 3.63) is 47.5 Å². The SMILES string of the molecule is O=C(O)CCCc1ccc(OCC2CCCCC2)c(-c2cc(CCCC(=O)O)ccc2OCC2CCCCC2)c1. The fourth-order valence-corrected chi connectivity index (χ4v) is 6.15. The van der Waals surface area contributed by atoms with Crippen LogP contribution < -0.4 is 9.47 Å². The summed E-state index contributed by atoms with van der Waals surface area (Å²) in [5, 5.41) is 18.3. The molecule has 0 atom stereocenters. The summed E-state index contributed by atoms with van der Waals surface area (Å²) >= 11 is 0. The van der Waals surface area contributed by atoms with Gasteiger partial charge in [0.15, 0.2) is 0 Å². The van der Waals surface area contributed by atoms with Crippen LogP contribution in [0, 0.1) is 11.8 Å². The molecule has 2 fully saturated rings. The Morgan fingerprint density at radius 3 is 1.40 bits per heavy atom. The standard InChI is InChI=1S/C34H46O6/c35-33(36)15-7-13-25-17-19-31(39-23-27-9-3-1-4-10-27)29(21-25)30-22-26(14-8-16-34(37)38)18-20-32(30)40-24-28-11-5-2-6-12-28/h17-22,27-28H,1-16,23-24H2,(H,35,36)(H,37,38). The van der Waals surface area contributed by atoms with Crippen molar-refractivity contribution in [1.82, 2.24) is 0 Å². The van der Waals surface area contributed by atoms with Gasteiger partial charge in [-0.3, -0.25) is 9.59 Å². The van der Waals surface area contributed by atoms with Crippen LogP contribution in [0.2, 0.25) is 0 Å². The lowest BCUT2D eigenvalue weighted by Crippen LogP contribution is -2.16. The van der Waals surface area contributed by atoms with Gasteiger partial charge in [0.05, 0.1) is 13.2 Å². The molecule has 2 aromatic carbocycles. The number of carboxylic acid groups (broad SMARTS) is 2. The van der Waals surface area contributed by atoms with Gasteiger partial charge in [-0.1, -0.05) is 50.7 Å². The van der Waals surface area contributed by atoms with Crippen LogP contribution >= 0.6 is 0 Å². The lowest BCUT2D eigenvalue weighted by Gasteiger charge is -2.24. The van der Waals surface area contributed by atoms with Crippen molar-refractivity contribution >= 4 is 11.9 Å². The third-order valence-corrected chi connectivity index (χ3v) is 8.49.